The topological polar surface area (TPSA) is 70.7 Å². The highest BCUT2D eigenvalue weighted by atomic mass is 79.9. The summed E-state index contributed by atoms with van der Waals surface area (Å²) >= 11 is 3.46. The van der Waals surface area contributed by atoms with Crippen LogP contribution in [0.25, 0.3) is 11.3 Å². The van der Waals surface area contributed by atoms with Crippen molar-refractivity contribution in [3.05, 3.63) is 40.5 Å². The molecule has 1 atom stereocenters. The quantitative estimate of drug-likeness (QED) is 0.821. The van der Waals surface area contributed by atoms with Crippen molar-refractivity contribution in [2.75, 3.05) is 0 Å². The largest absolute Gasteiger partial charge is 0.349 e. The number of nitrogens with zero attached hydrogens (tertiary/aromatic N) is 3. The normalized spacial score (nSPS) is 14.9. The van der Waals surface area contributed by atoms with Crippen LogP contribution in [-0.4, -0.2) is 21.7 Å². The lowest BCUT2D eigenvalue weighted by Crippen LogP contribution is -2.34. The number of carbonyl (C=O) groups is 1. The van der Waals surface area contributed by atoms with E-state index in [4.69, 9.17) is 5.26 Å². The van der Waals surface area contributed by atoms with Crippen LogP contribution in [0.15, 0.2) is 34.9 Å². The molecular formula is C18H19BrN4O. The molecule has 0 saturated heterocycles. The van der Waals surface area contributed by atoms with Crippen molar-refractivity contribution in [1.82, 2.24) is 15.1 Å². The summed E-state index contributed by atoms with van der Waals surface area (Å²) in [7, 11) is 0. The molecule has 0 spiro atoms. The van der Waals surface area contributed by atoms with Gasteiger partial charge in [0.1, 0.15) is 5.69 Å². The summed E-state index contributed by atoms with van der Waals surface area (Å²) in [4.78, 5) is 12.7. The average molecular weight is 387 g/mol. The third-order valence-electron chi connectivity index (χ3n) is 4.24. The van der Waals surface area contributed by atoms with E-state index in [2.05, 4.69) is 39.3 Å². The van der Waals surface area contributed by atoms with Gasteiger partial charge in [0.25, 0.3) is 5.91 Å². The molecular weight excluding hydrogens is 368 g/mol. The zero-order valence-corrected chi connectivity index (χ0v) is 15.1. The maximum absolute atomic E-state index is 12.7. The van der Waals surface area contributed by atoms with Crippen molar-refractivity contribution >= 4 is 21.8 Å². The zero-order valence-electron chi connectivity index (χ0n) is 13.5. The van der Waals surface area contributed by atoms with E-state index in [1.54, 1.807) is 10.9 Å². The van der Waals surface area contributed by atoms with Crippen LogP contribution in [0.5, 0.6) is 0 Å². The number of nitrogens with one attached hydrogen (secondary N) is 1. The van der Waals surface area contributed by atoms with E-state index in [0.717, 1.165) is 10.0 Å². The second-order valence-corrected chi connectivity index (χ2v) is 7.09. The number of rotatable bonds is 6. The minimum absolute atomic E-state index is 0.104. The van der Waals surface area contributed by atoms with E-state index < -0.39 is 0 Å². The first-order valence-electron chi connectivity index (χ1n) is 8.09. The van der Waals surface area contributed by atoms with Crippen molar-refractivity contribution in [3.63, 3.8) is 0 Å². The monoisotopic (exact) mass is 386 g/mol. The Bertz CT molecular complexity index is 789. The number of amides is 1. The van der Waals surface area contributed by atoms with Gasteiger partial charge in [-0.3, -0.25) is 9.48 Å². The van der Waals surface area contributed by atoms with Gasteiger partial charge in [0.15, 0.2) is 0 Å². The van der Waals surface area contributed by atoms with Gasteiger partial charge < -0.3 is 5.32 Å². The predicted octanol–water partition coefficient (Wildman–Crippen LogP) is 3.75. The van der Waals surface area contributed by atoms with Gasteiger partial charge in [-0.05, 0) is 37.8 Å². The van der Waals surface area contributed by atoms with Crippen LogP contribution in [-0.2, 0) is 6.54 Å². The van der Waals surface area contributed by atoms with Gasteiger partial charge in [-0.2, -0.15) is 10.4 Å². The Balaban J connectivity index is 1.91. The number of aryl methyl sites for hydroxylation is 1. The Hall–Kier alpha value is -2.13. The molecule has 1 unspecified atom stereocenters. The molecule has 124 valence electrons. The van der Waals surface area contributed by atoms with Crippen LogP contribution in [0.4, 0.5) is 0 Å². The van der Waals surface area contributed by atoms with Crippen LogP contribution in [0, 0.1) is 17.2 Å². The molecule has 1 aromatic heterocycles. The fourth-order valence-electron chi connectivity index (χ4n) is 2.71. The number of benzene rings is 1. The van der Waals surface area contributed by atoms with E-state index in [1.807, 2.05) is 24.3 Å². The second kappa shape index (κ2) is 7.18. The Morgan fingerprint density at radius 3 is 3.00 bits per heavy atom. The summed E-state index contributed by atoms with van der Waals surface area (Å²) in [6, 6.07) is 10.0. The van der Waals surface area contributed by atoms with Gasteiger partial charge in [-0.15, -0.1) is 0 Å². The lowest BCUT2D eigenvalue weighted by molar-refractivity contribution is 0.0936. The average Bonchev–Trinajstić information content (AvgIpc) is 3.32. The van der Waals surface area contributed by atoms with Crippen molar-refractivity contribution in [2.24, 2.45) is 5.92 Å². The van der Waals surface area contributed by atoms with Gasteiger partial charge in [-0.1, -0.05) is 28.1 Å². The molecule has 1 aromatic carbocycles. The fraction of sp³-hybridized carbons (Fsp3) is 0.389. The van der Waals surface area contributed by atoms with Crippen LogP contribution in [0.3, 0.4) is 0 Å². The van der Waals surface area contributed by atoms with E-state index in [9.17, 15) is 4.79 Å². The maximum Gasteiger partial charge on any atom is 0.255 e. The number of hydrogen-bond donors (Lipinski definition) is 1. The summed E-state index contributed by atoms with van der Waals surface area (Å²) in [6.07, 6.45) is 4.46. The lowest BCUT2D eigenvalue weighted by atomic mass is 10.1. The lowest BCUT2D eigenvalue weighted by Gasteiger charge is -2.12. The van der Waals surface area contributed by atoms with E-state index in [0.29, 0.717) is 30.1 Å². The smallest absolute Gasteiger partial charge is 0.255 e. The molecule has 0 radical (unpaired) electrons. The van der Waals surface area contributed by atoms with Gasteiger partial charge in [-0.25, -0.2) is 0 Å². The van der Waals surface area contributed by atoms with Crippen LogP contribution in [0.2, 0.25) is 0 Å². The number of nitriles is 1. The summed E-state index contributed by atoms with van der Waals surface area (Å²) < 4.78 is 2.61. The summed E-state index contributed by atoms with van der Waals surface area (Å²) in [5.41, 5.74) is 2.08. The Morgan fingerprint density at radius 1 is 1.54 bits per heavy atom. The second-order valence-electron chi connectivity index (χ2n) is 6.17. The highest BCUT2D eigenvalue weighted by molar-refractivity contribution is 9.10. The van der Waals surface area contributed by atoms with Crippen molar-refractivity contribution in [3.8, 4) is 17.3 Å². The van der Waals surface area contributed by atoms with Gasteiger partial charge in [0.2, 0.25) is 0 Å². The number of carbonyl (C=O) groups excluding carboxylic acids is 1. The molecule has 2 aromatic rings. The highest BCUT2D eigenvalue weighted by Gasteiger charge is 2.30. The molecule has 1 aliphatic carbocycles. The third kappa shape index (κ3) is 3.85. The molecule has 1 heterocycles. The Kier molecular flexibility index (Phi) is 5.00. The molecule has 6 heteroatoms. The number of aromatic nitrogens is 2. The minimum Gasteiger partial charge on any atom is -0.349 e. The number of halogens is 1. The van der Waals surface area contributed by atoms with E-state index in [-0.39, 0.29) is 11.9 Å². The first-order chi connectivity index (χ1) is 11.6. The molecule has 0 aliphatic heterocycles. The third-order valence-corrected chi connectivity index (χ3v) is 4.74. The highest BCUT2D eigenvalue weighted by Crippen LogP contribution is 2.33. The van der Waals surface area contributed by atoms with Crippen LogP contribution >= 0.6 is 15.9 Å². The van der Waals surface area contributed by atoms with Crippen LogP contribution in [0.1, 0.15) is 36.5 Å². The molecule has 5 nitrogen and oxygen atoms in total. The van der Waals surface area contributed by atoms with E-state index in [1.165, 1.54) is 12.8 Å². The van der Waals surface area contributed by atoms with Crippen molar-refractivity contribution in [1.29, 1.82) is 5.26 Å². The van der Waals surface area contributed by atoms with Gasteiger partial charge in [0.05, 0.1) is 24.6 Å². The molecule has 1 amide bonds. The first kappa shape index (κ1) is 16.7. The zero-order chi connectivity index (χ0) is 17.1. The predicted molar refractivity (Wildman–Crippen MR) is 95.2 cm³/mol. The van der Waals surface area contributed by atoms with E-state index >= 15 is 0 Å². The molecule has 1 N–H and O–H groups in total. The Morgan fingerprint density at radius 2 is 2.33 bits per heavy atom. The SMILES string of the molecule is CC(NC(=O)c1cn(CCC#N)nc1-c1cccc(Br)c1)C1CC1. The molecule has 24 heavy (non-hydrogen) atoms. The Labute approximate surface area is 149 Å². The van der Waals surface area contributed by atoms with Crippen molar-refractivity contribution in [2.45, 2.75) is 38.8 Å². The molecule has 1 saturated carbocycles. The van der Waals surface area contributed by atoms with Crippen LogP contribution < -0.4 is 5.32 Å². The van der Waals surface area contributed by atoms with Crippen molar-refractivity contribution < 1.29 is 4.79 Å². The summed E-state index contributed by atoms with van der Waals surface area (Å²) in [6.45, 7) is 2.53. The van der Waals surface area contributed by atoms with Gasteiger partial charge >= 0.3 is 0 Å². The number of hydrogen-bond acceptors (Lipinski definition) is 3. The summed E-state index contributed by atoms with van der Waals surface area (Å²) in [5.74, 6) is 0.490. The maximum atomic E-state index is 12.7. The summed E-state index contributed by atoms with van der Waals surface area (Å²) in [5, 5.41) is 16.4. The molecule has 3 rings (SSSR count). The molecule has 0 bridgehead atoms. The van der Waals surface area contributed by atoms with Gasteiger partial charge in [0, 0.05) is 22.3 Å². The standard InChI is InChI=1S/C18H19BrN4O/c1-12(13-6-7-13)21-18(24)16-11-23(9-3-8-20)22-17(16)14-4-2-5-15(19)10-14/h2,4-5,10-13H,3,6-7,9H2,1H3,(H,21,24). The first-order valence-corrected chi connectivity index (χ1v) is 8.89. The molecule has 1 aliphatic rings. The molecule has 1 fully saturated rings. The minimum atomic E-state index is -0.104. The fourth-order valence-corrected chi connectivity index (χ4v) is 3.11.